The highest BCUT2D eigenvalue weighted by Gasteiger charge is 2.61. The number of hydrogen-bond donors (Lipinski definition) is 1. The molecule has 17 heteroatoms. The van der Waals surface area contributed by atoms with E-state index >= 15 is 0 Å². The molecule has 1 unspecified atom stereocenters. The molecule has 4 aliphatic rings. The number of esters is 6. The van der Waals surface area contributed by atoms with E-state index in [0.29, 0.717) is 0 Å². The third-order valence-electron chi connectivity index (χ3n) is 7.58. The summed E-state index contributed by atoms with van der Waals surface area (Å²) in [7, 11) is 0. The zero-order valence-corrected chi connectivity index (χ0v) is 26.2. The standard InChI is InChI=1S/C30H34O17/c1-12(41-14(3)32)19-9-30(47-27(19)38)8-7-18-20(26(36)37)10-40-28(22(18)30)46-29-25(44-17(6)35)24(43-16(5)34)23(42-15(4)33)21(45-29)11-39-13(2)31/h7-10,12,18,21-25,28-29H,11H2,1-6H3,(H,36,37)/t12-,18+,21+,22+,23+,24-,25+,28+,29-,30?/m0/s1. The Labute approximate surface area is 267 Å². The highest BCUT2D eigenvalue weighted by atomic mass is 16.8. The van der Waals surface area contributed by atoms with Crippen LogP contribution in [0.25, 0.3) is 0 Å². The summed E-state index contributed by atoms with van der Waals surface area (Å²) in [4.78, 5) is 84.9. The third-order valence-corrected chi connectivity index (χ3v) is 7.58. The molecule has 1 saturated heterocycles. The van der Waals surface area contributed by atoms with E-state index in [9.17, 15) is 38.7 Å². The maximum Gasteiger partial charge on any atom is 0.338 e. The van der Waals surface area contributed by atoms with Crippen LogP contribution in [0.15, 0.2) is 35.6 Å². The van der Waals surface area contributed by atoms with Gasteiger partial charge in [-0.1, -0.05) is 6.08 Å². The monoisotopic (exact) mass is 666 g/mol. The zero-order valence-electron chi connectivity index (χ0n) is 26.2. The van der Waals surface area contributed by atoms with Gasteiger partial charge in [-0.3, -0.25) is 24.0 Å². The van der Waals surface area contributed by atoms with Gasteiger partial charge in [-0.2, -0.15) is 0 Å². The van der Waals surface area contributed by atoms with Gasteiger partial charge in [0.2, 0.25) is 12.6 Å². The lowest BCUT2D eigenvalue weighted by molar-refractivity contribution is -0.347. The fourth-order valence-electron chi connectivity index (χ4n) is 5.88. The number of hydrogen-bond acceptors (Lipinski definition) is 16. The molecule has 0 aromatic heterocycles. The van der Waals surface area contributed by atoms with Crippen LogP contribution in [-0.2, 0) is 76.2 Å². The summed E-state index contributed by atoms with van der Waals surface area (Å²) < 4.78 is 50.2. The molecule has 0 aromatic rings. The minimum Gasteiger partial charge on any atom is -0.478 e. The van der Waals surface area contributed by atoms with Crippen LogP contribution in [-0.4, -0.2) is 102 Å². The first kappa shape index (κ1) is 35.1. The van der Waals surface area contributed by atoms with Gasteiger partial charge in [-0.15, -0.1) is 0 Å². The predicted molar refractivity (Wildman–Crippen MR) is 148 cm³/mol. The Kier molecular flexibility index (Phi) is 10.4. The topological polar surface area (TPSA) is 223 Å². The summed E-state index contributed by atoms with van der Waals surface area (Å²) in [5, 5.41) is 9.90. The summed E-state index contributed by atoms with van der Waals surface area (Å²) >= 11 is 0. The molecule has 0 radical (unpaired) electrons. The van der Waals surface area contributed by atoms with Gasteiger partial charge in [-0.25, -0.2) is 9.59 Å². The lowest BCUT2D eigenvalue weighted by Gasteiger charge is -2.46. The van der Waals surface area contributed by atoms with E-state index < -0.39 is 109 Å². The van der Waals surface area contributed by atoms with Crippen LogP contribution in [0, 0.1) is 11.8 Å². The predicted octanol–water partition coefficient (Wildman–Crippen LogP) is 0.387. The van der Waals surface area contributed by atoms with Crippen molar-refractivity contribution in [2.24, 2.45) is 11.8 Å². The van der Waals surface area contributed by atoms with Crippen LogP contribution in [0.4, 0.5) is 0 Å². The van der Waals surface area contributed by atoms with Gasteiger partial charge in [0, 0.05) is 40.5 Å². The molecule has 1 N–H and O–H groups in total. The number of aliphatic carboxylic acids is 1. The zero-order chi connectivity index (χ0) is 34.8. The number of carbonyl (C=O) groups is 7. The normalized spacial score (nSPS) is 32.9. The molecule has 4 rings (SSSR count). The highest BCUT2D eigenvalue weighted by molar-refractivity contribution is 5.94. The Balaban J connectivity index is 1.76. The molecule has 0 amide bonds. The van der Waals surface area contributed by atoms with Crippen molar-refractivity contribution in [3.05, 3.63) is 35.6 Å². The maximum absolute atomic E-state index is 13.0. The molecule has 17 nitrogen and oxygen atoms in total. The van der Waals surface area contributed by atoms with Crippen LogP contribution in [0.5, 0.6) is 0 Å². The molecule has 1 fully saturated rings. The van der Waals surface area contributed by atoms with Crippen molar-refractivity contribution in [3.8, 4) is 0 Å². The van der Waals surface area contributed by atoms with Crippen molar-refractivity contribution >= 4 is 41.8 Å². The molecular formula is C30H34O17. The quantitative estimate of drug-likeness (QED) is 0.189. The van der Waals surface area contributed by atoms with Crippen molar-refractivity contribution in [3.63, 3.8) is 0 Å². The number of carboxylic acids is 1. The van der Waals surface area contributed by atoms with Crippen molar-refractivity contribution in [1.29, 1.82) is 0 Å². The molecule has 10 atom stereocenters. The van der Waals surface area contributed by atoms with E-state index in [1.165, 1.54) is 25.2 Å². The van der Waals surface area contributed by atoms with Gasteiger partial charge in [-0.05, 0) is 19.1 Å². The van der Waals surface area contributed by atoms with Crippen molar-refractivity contribution < 1.29 is 81.3 Å². The minimum absolute atomic E-state index is 0.0250. The number of fused-ring (bicyclic) bond motifs is 2. The smallest absolute Gasteiger partial charge is 0.338 e. The van der Waals surface area contributed by atoms with Gasteiger partial charge in [0.15, 0.2) is 23.9 Å². The van der Waals surface area contributed by atoms with Gasteiger partial charge >= 0.3 is 41.8 Å². The van der Waals surface area contributed by atoms with Crippen LogP contribution in [0.1, 0.15) is 41.5 Å². The molecule has 0 bridgehead atoms. The second kappa shape index (κ2) is 13.9. The molecular weight excluding hydrogens is 632 g/mol. The first-order valence-corrected chi connectivity index (χ1v) is 14.4. The fraction of sp³-hybridized carbons (Fsp3) is 0.567. The van der Waals surface area contributed by atoms with Crippen molar-refractivity contribution in [2.45, 2.75) is 90.2 Å². The number of carboxylic acid groups (broad SMARTS) is 1. The third kappa shape index (κ3) is 7.62. The Hall–Kier alpha value is -4.77. The number of carbonyl (C=O) groups excluding carboxylic acids is 6. The first-order valence-electron chi connectivity index (χ1n) is 14.4. The van der Waals surface area contributed by atoms with Gasteiger partial charge in [0.05, 0.1) is 23.3 Å². The molecule has 3 aliphatic heterocycles. The van der Waals surface area contributed by atoms with Crippen LogP contribution >= 0.6 is 0 Å². The summed E-state index contributed by atoms with van der Waals surface area (Å²) in [5.74, 6) is -8.25. The second-order valence-corrected chi connectivity index (χ2v) is 11.1. The van der Waals surface area contributed by atoms with Crippen LogP contribution in [0.3, 0.4) is 0 Å². The lowest BCUT2D eigenvalue weighted by Crippen LogP contribution is -2.64. The Morgan fingerprint density at radius 1 is 0.872 bits per heavy atom. The van der Waals surface area contributed by atoms with E-state index in [2.05, 4.69) is 0 Å². The largest absolute Gasteiger partial charge is 0.478 e. The van der Waals surface area contributed by atoms with E-state index in [1.807, 2.05) is 0 Å². The molecule has 0 saturated carbocycles. The molecule has 3 heterocycles. The Morgan fingerprint density at radius 3 is 2.06 bits per heavy atom. The first-order chi connectivity index (χ1) is 22.0. The maximum atomic E-state index is 13.0. The summed E-state index contributed by atoms with van der Waals surface area (Å²) in [6, 6.07) is 0. The Morgan fingerprint density at radius 2 is 1.49 bits per heavy atom. The Bertz CT molecular complexity index is 1430. The summed E-state index contributed by atoms with van der Waals surface area (Å²) in [5.41, 5.74) is -1.90. The second-order valence-electron chi connectivity index (χ2n) is 11.1. The SMILES string of the molecule is CC(=O)OC[C@H]1O[C@@H](O[C@H]2OC=C(C(=O)O)[C@H]3C=CC4(C=C([C@H](C)OC(C)=O)C(=O)O4)[C@@H]23)[C@H](OC(C)=O)[C@@H](OC(C)=O)[C@@H]1OC(C)=O. The van der Waals surface area contributed by atoms with Crippen LogP contribution in [0.2, 0.25) is 0 Å². The van der Waals surface area contributed by atoms with Gasteiger partial charge < -0.3 is 47.7 Å². The molecule has 256 valence electrons. The number of rotatable bonds is 10. The van der Waals surface area contributed by atoms with Crippen molar-refractivity contribution in [1.82, 2.24) is 0 Å². The lowest BCUT2D eigenvalue weighted by atomic mass is 9.78. The van der Waals surface area contributed by atoms with Gasteiger partial charge in [0.25, 0.3) is 0 Å². The number of ether oxygens (including phenoxy) is 9. The minimum atomic E-state index is -1.70. The number of allylic oxidation sites excluding steroid dienone is 1. The van der Waals surface area contributed by atoms with E-state index in [0.717, 1.165) is 40.9 Å². The van der Waals surface area contributed by atoms with E-state index in [1.54, 1.807) is 0 Å². The molecule has 47 heavy (non-hydrogen) atoms. The van der Waals surface area contributed by atoms with E-state index in [-0.39, 0.29) is 11.1 Å². The highest BCUT2D eigenvalue weighted by Crippen LogP contribution is 2.51. The molecule has 1 aliphatic carbocycles. The fourth-order valence-corrected chi connectivity index (χ4v) is 5.88. The summed E-state index contributed by atoms with van der Waals surface area (Å²) in [6.45, 7) is 6.38. The average Bonchev–Trinajstić information content (AvgIpc) is 3.49. The average molecular weight is 667 g/mol. The van der Waals surface area contributed by atoms with Crippen molar-refractivity contribution in [2.75, 3.05) is 6.61 Å². The molecule has 0 aromatic carbocycles. The van der Waals surface area contributed by atoms with E-state index in [4.69, 9.17) is 42.6 Å². The van der Waals surface area contributed by atoms with Crippen LogP contribution < -0.4 is 0 Å². The van der Waals surface area contributed by atoms with Gasteiger partial charge in [0.1, 0.15) is 18.8 Å². The molecule has 1 spiro atoms. The summed E-state index contributed by atoms with van der Waals surface area (Å²) in [6.07, 6.45) is -4.95.